The first kappa shape index (κ1) is 22.8. The van der Waals surface area contributed by atoms with E-state index in [4.69, 9.17) is 0 Å². The summed E-state index contributed by atoms with van der Waals surface area (Å²) >= 11 is 0. The van der Waals surface area contributed by atoms with Gasteiger partial charge in [-0.3, -0.25) is 9.80 Å². The highest BCUT2D eigenvalue weighted by Gasteiger charge is 2.54. The fraction of sp³-hybridized carbons (Fsp3) is 0.429. The number of hydrogen-bond donors (Lipinski definition) is 1. The number of likely N-dealkylation sites (tertiary alicyclic amines) is 1. The van der Waals surface area contributed by atoms with Crippen molar-refractivity contribution in [3.63, 3.8) is 0 Å². The van der Waals surface area contributed by atoms with Gasteiger partial charge in [-0.1, -0.05) is 61.7 Å². The molecule has 2 unspecified atom stereocenters. The standard InChI is InChI=1S/C28H33FN4O/c1-2-24-19-28(16-17-32(24)20-21-10-5-3-6-11-21)26(30-23-13-7-4-8-14-23)31-27(34)33(28)25-15-9-12-22(29)18-25/h2-3,5-6,9-12,15,18,23-24H,1,4,7-8,13-14,16-17,19-20H2,(H,30,31,34). The van der Waals surface area contributed by atoms with Gasteiger partial charge in [0, 0.05) is 30.9 Å². The van der Waals surface area contributed by atoms with Crippen LogP contribution >= 0.6 is 0 Å². The molecule has 178 valence electrons. The quantitative estimate of drug-likeness (QED) is 0.585. The van der Waals surface area contributed by atoms with Crippen molar-refractivity contribution in [1.82, 2.24) is 10.2 Å². The van der Waals surface area contributed by atoms with Crippen LogP contribution in [0.3, 0.4) is 0 Å². The molecule has 5 nitrogen and oxygen atoms in total. The number of halogens is 1. The lowest BCUT2D eigenvalue weighted by molar-refractivity contribution is 0.139. The molecule has 2 aromatic carbocycles. The maximum atomic E-state index is 14.2. The Kier molecular flexibility index (Phi) is 6.50. The number of aliphatic imine (C=N–C) groups is 1. The maximum absolute atomic E-state index is 14.2. The van der Waals surface area contributed by atoms with Gasteiger partial charge in [0.15, 0.2) is 0 Å². The summed E-state index contributed by atoms with van der Waals surface area (Å²) in [6.07, 6.45) is 9.21. The molecule has 2 amide bonds. The minimum atomic E-state index is -0.631. The second kappa shape index (κ2) is 9.71. The number of carbonyl (C=O) groups is 1. The zero-order valence-electron chi connectivity index (χ0n) is 19.6. The summed E-state index contributed by atoms with van der Waals surface area (Å²) in [7, 11) is 0. The van der Waals surface area contributed by atoms with Gasteiger partial charge in [0.05, 0.1) is 0 Å². The molecule has 1 N–H and O–H groups in total. The number of piperidine rings is 1. The third kappa shape index (κ3) is 4.39. The van der Waals surface area contributed by atoms with E-state index in [-0.39, 0.29) is 17.9 Å². The second-order valence-electron chi connectivity index (χ2n) is 9.78. The number of hydrogen-bond acceptors (Lipinski definition) is 3. The summed E-state index contributed by atoms with van der Waals surface area (Å²) < 4.78 is 14.2. The lowest BCUT2D eigenvalue weighted by Gasteiger charge is -2.48. The molecule has 5 rings (SSSR count). The molecule has 2 aromatic rings. The first-order chi connectivity index (χ1) is 16.6. The van der Waals surface area contributed by atoms with Gasteiger partial charge >= 0.3 is 6.03 Å². The fourth-order valence-corrected chi connectivity index (χ4v) is 5.85. The Morgan fingerprint density at radius 2 is 1.91 bits per heavy atom. The zero-order valence-corrected chi connectivity index (χ0v) is 19.6. The maximum Gasteiger partial charge on any atom is 0.350 e. The highest BCUT2D eigenvalue weighted by Crippen LogP contribution is 2.41. The minimum Gasteiger partial charge on any atom is -0.369 e. The first-order valence-electron chi connectivity index (χ1n) is 12.4. The number of anilines is 1. The average Bonchev–Trinajstić information content (AvgIpc) is 3.11. The molecule has 1 saturated carbocycles. The number of amides is 2. The van der Waals surface area contributed by atoms with Crippen molar-refractivity contribution in [2.75, 3.05) is 11.4 Å². The summed E-state index contributed by atoms with van der Waals surface area (Å²) in [6.45, 7) is 5.75. The summed E-state index contributed by atoms with van der Waals surface area (Å²) in [4.78, 5) is 22.0. The van der Waals surface area contributed by atoms with Gasteiger partial charge in [0.2, 0.25) is 0 Å². The van der Waals surface area contributed by atoms with Crippen molar-refractivity contribution in [2.24, 2.45) is 4.99 Å². The van der Waals surface area contributed by atoms with Crippen LogP contribution in [0, 0.1) is 5.82 Å². The largest absolute Gasteiger partial charge is 0.369 e. The molecule has 2 aliphatic heterocycles. The molecule has 2 atom stereocenters. The van der Waals surface area contributed by atoms with Crippen LogP contribution in [0.15, 0.2) is 72.2 Å². The van der Waals surface area contributed by atoms with Crippen LogP contribution in [-0.4, -0.2) is 40.9 Å². The Morgan fingerprint density at radius 1 is 1.12 bits per heavy atom. The second-order valence-corrected chi connectivity index (χ2v) is 9.78. The number of amidine groups is 1. The minimum absolute atomic E-state index is 0.0641. The number of nitrogens with zero attached hydrogens (tertiary/aromatic N) is 3. The van der Waals surface area contributed by atoms with Crippen LogP contribution in [0.4, 0.5) is 14.9 Å². The number of nitrogens with one attached hydrogen (secondary N) is 1. The molecule has 0 bridgehead atoms. The van der Waals surface area contributed by atoms with Crippen molar-refractivity contribution in [3.05, 3.63) is 78.6 Å². The fourth-order valence-electron chi connectivity index (χ4n) is 5.85. The van der Waals surface area contributed by atoms with Gasteiger partial charge in [-0.05, 0) is 49.4 Å². The zero-order chi connectivity index (χ0) is 23.5. The molecule has 0 aromatic heterocycles. The highest BCUT2D eigenvalue weighted by atomic mass is 19.1. The molecule has 2 fully saturated rings. The first-order valence-corrected chi connectivity index (χ1v) is 12.4. The highest BCUT2D eigenvalue weighted by molar-refractivity contribution is 6.16. The van der Waals surface area contributed by atoms with E-state index in [1.54, 1.807) is 17.0 Å². The van der Waals surface area contributed by atoms with Crippen LogP contribution in [0.1, 0.15) is 50.5 Å². The monoisotopic (exact) mass is 460 g/mol. The van der Waals surface area contributed by atoms with E-state index in [2.05, 4.69) is 46.1 Å². The third-order valence-corrected chi connectivity index (χ3v) is 7.61. The van der Waals surface area contributed by atoms with Crippen LogP contribution in [0.2, 0.25) is 0 Å². The van der Waals surface area contributed by atoms with Gasteiger partial charge in [-0.2, -0.15) is 4.99 Å². The Bertz CT molecular complexity index is 1070. The number of benzene rings is 2. The van der Waals surface area contributed by atoms with E-state index in [1.807, 2.05) is 12.1 Å². The molecular weight excluding hydrogens is 427 g/mol. The summed E-state index contributed by atoms with van der Waals surface area (Å²) in [5.41, 5.74) is 1.19. The third-order valence-electron chi connectivity index (χ3n) is 7.61. The van der Waals surface area contributed by atoms with Crippen molar-refractivity contribution in [2.45, 2.75) is 69.1 Å². The lowest BCUT2D eigenvalue weighted by Crippen LogP contribution is -2.64. The van der Waals surface area contributed by atoms with E-state index < -0.39 is 5.54 Å². The predicted molar refractivity (Wildman–Crippen MR) is 135 cm³/mol. The van der Waals surface area contributed by atoms with Crippen LogP contribution in [0.25, 0.3) is 0 Å². The van der Waals surface area contributed by atoms with E-state index >= 15 is 0 Å². The van der Waals surface area contributed by atoms with Gasteiger partial charge in [-0.25, -0.2) is 9.18 Å². The molecule has 1 saturated heterocycles. The predicted octanol–water partition coefficient (Wildman–Crippen LogP) is 5.68. The SMILES string of the molecule is C=CC1CC2(CCN1Cc1ccccc1)C(NC1CCCCC1)=NC(=O)N2c1cccc(F)c1. The Labute approximate surface area is 201 Å². The number of carbonyl (C=O) groups excluding carboxylic acids is 1. The average molecular weight is 461 g/mol. The number of rotatable bonds is 5. The normalized spacial score (nSPS) is 26.0. The Hall–Kier alpha value is -2.99. The Balaban J connectivity index is 1.47. The van der Waals surface area contributed by atoms with Crippen molar-refractivity contribution in [1.29, 1.82) is 0 Å². The van der Waals surface area contributed by atoms with E-state index in [0.717, 1.165) is 38.2 Å². The molecule has 3 aliphatic rings. The van der Waals surface area contributed by atoms with E-state index in [1.165, 1.54) is 37.0 Å². The smallest absolute Gasteiger partial charge is 0.350 e. The molecular formula is C28H33FN4O. The molecule has 2 heterocycles. The summed E-state index contributed by atoms with van der Waals surface area (Å²) in [5, 5.41) is 3.67. The van der Waals surface area contributed by atoms with Gasteiger partial charge in [0.1, 0.15) is 17.2 Å². The van der Waals surface area contributed by atoms with E-state index in [0.29, 0.717) is 18.2 Å². The van der Waals surface area contributed by atoms with Crippen molar-refractivity contribution in [3.8, 4) is 0 Å². The van der Waals surface area contributed by atoms with Crippen molar-refractivity contribution >= 4 is 17.6 Å². The Morgan fingerprint density at radius 3 is 2.65 bits per heavy atom. The molecule has 34 heavy (non-hydrogen) atoms. The van der Waals surface area contributed by atoms with Gasteiger partial charge in [0.25, 0.3) is 0 Å². The summed E-state index contributed by atoms with van der Waals surface area (Å²) in [5.74, 6) is 0.399. The van der Waals surface area contributed by atoms with Crippen LogP contribution in [-0.2, 0) is 6.54 Å². The summed E-state index contributed by atoms with van der Waals surface area (Å²) in [6, 6.07) is 16.8. The molecule has 1 aliphatic carbocycles. The van der Waals surface area contributed by atoms with Crippen LogP contribution in [0.5, 0.6) is 0 Å². The van der Waals surface area contributed by atoms with Crippen LogP contribution < -0.4 is 10.2 Å². The molecule has 1 spiro atoms. The molecule has 6 heteroatoms. The number of urea groups is 1. The lowest BCUT2D eigenvalue weighted by atomic mass is 9.79. The van der Waals surface area contributed by atoms with Gasteiger partial charge in [-0.15, -0.1) is 6.58 Å². The van der Waals surface area contributed by atoms with Gasteiger partial charge < -0.3 is 5.32 Å². The topological polar surface area (TPSA) is 47.9 Å². The van der Waals surface area contributed by atoms with E-state index in [9.17, 15) is 9.18 Å². The molecule has 0 radical (unpaired) electrons. The van der Waals surface area contributed by atoms with Crippen molar-refractivity contribution < 1.29 is 9.18 Å².